The number of hydrogen-bond donors (Lipinski definition) is 2. The number of pyridine rings is 1. The van der Waals surface area contributed by atoms with Gasteiger partial charge in [0.1, 0.15) is 0 Å². The molecule has 2 aromatic heterocycles. The van der Waals surface area contributed by atoms with Crippen molar-refractivity contribution in [3.05, 3.63) is 84.2 Å². The largest absolute Gasteiger partial charge is 0.478 e. The number of benzene rings is 2. The highest BCUT2D eigenvalue weighted by molar-refractivity contribution is 5.98. The molecule has 0 aliphatic carbocycles. The first-order valence-corrected chi connectivity index (χ1v) is 13.2. The number of carboxylic acids is 1. The fourth-order valence-electron chi connectivity index (χ4n) is 5.05. The summed E-state index contributed by atoms with van der Waals surface area (Å²) < 4.78 is 1.24. The molecule has 1 aliphatic heterocycles. The third kappa shape index (κ3) is 5.10. The molecule has 3 heterocycles. The molecule has 2 N–H and O–H groups in total. The fraction of sp³-hybridized carbons (Fsp3) is 0.276. The summed E-state index contributed by atoms with van der Waals surface area (Å²) in [6.45, 7) is 2.52. The minimum Gasteiger partial charge on any atom is -0.478 e. The number of carboxylic acid groups (broad SMARTS) is 1. The van der Waals surface area contributed by atoms with E-state index in [1.54, 1.807) is 12.1 Å². The van der Waals surface area contributed by atoms with Crippen molar-refractivity contribution in [3.63, 3.8) is 0 Å². The molecule has 4 aromatic rings. The molecule has 0 radical (unpaired) electrons. The number of carbonyl (C=O) groups excluding carboxylic acids is 2. The summed E-state index contributed by atoms with van der Waals surface area (Å²) in [6, 6.07) is 18.4. The molecule has 1 amide bonds. The maximum absolute atomic E-state index is 13.2. The summed E-state index contributed by atoms with van der Waals surface area (Å²) in [5.74, 6) is -1.23. The lowest BCUT2D eigenvalue weighted by molar-refractivity contribution is -0.150. The molecule has 0 bridgehead atoms. The van der Waals surface area contributed by atoms with Crippen LogP contribution in [0.3, 0.4) is 0 Å². The van der Waals surface area contributed by atoms with Crippen LogP contribution in [0, 0.1) is 0 Å². The van der Waals surface area contributed by atoms with Gasteiger partial charge in [-0.15, -0.1) is 5.10 Å². The Bertz CT molecular complexity index is 1520. The van der Waals surface area contributed by atoms with E-state index in [2.05, 4.69) is 25.8 Å². The summed E-state index contributed by atoms with van der Waals surface area (Å²) in [7, 11) is 0. The van der Waals surface area contributed by atoms with Crippen molar-refractivity contribution in [1.82, 2.24) is 35.4 Å². The maximum atomic E-state index is 13.2. The molecule has 204 valence electrons. The molecule has 1 atom stereocenters. The molecule has 0 saturated carbocycles. The monoisotopic (exact) mass is 539 g/mol. The van der Waals surface area contributed by atoms with Crippen LogP contribution >= 0.6 is 0 Å². The van der Waals surface area contributed by atoms with Gasteiger partial charge in [-0.3, -0.25) is 19.9 Å². The lowest BCUT2D eigenvalue weighted by atomic mass is 9.98. The van der Waals surface area contributed by atoms with Crippen molar-refractivity contribution < 1.29 is 19.5 Å². The molecule has 11 nitrogen and oxygen atoms in total. The van der Waals surface area contributed by atoms with E-state index in [1.165, 1.54) is 22.0 Å². The second-order valence-electron chi connectivity index (χ2n) is 9.62. The van der Waals surface area contributed by atoms with Gasteiger partial charge in [-0.25, -0.2) is 4.79 Å². The molecular weight excluding hydrogens is 510 g/mol. The third-order valence-corrected chi connectivity index (χ3v) is 7.09. The second kappa shape index (κ2) is 11.5. The SMILES string of the molecule is CCCC(=O)n1nnnc1-c1ccccc1-c1ccc(CNC2(C(=O)O)CCCN2C(=O)c2ccncc2)cc1. The number of amides is 1. The Morgan fingerprint density at radius 3 is 2.42 bits per heavy atom. The minimum atomic E-state index is -1.51. The Morgan fingerprint density at radius 2 is 1.73 bits per heavy atom. The molecule has 2 aromatic carbocycles. The van der Waals surface area contributed by atoms with Crippen molar-refractivity contribution in [2.75, 3.05) is 6.54 Å². The normalized spacial score (nSPS) is 16.7. The van der Waals surface area contributed by atoms with Crippen LogP contribution in [0.5, 0.6) is 0 Å². The number of nitrogens with zero attached hydrogens (tertiary/aromatic N) is 6. The molecular formula is C29H29N7O4. The number of tetrazole rings is 1. The summed E-state index contributed by atoms with van der Waals surface area (Å²) in [5, 5.41) is 25.1. The molecule has 1 saturated heterocycles. The number of aliphatic carboxylic acids is 1. The number of nitrogens with one attached hydrogen (secondary N) is 1. The topological polar surface area (TPSA) is 143 Å². The molecule has 1 unspecified atom stereocenters. The number of aromatic nitrogens is 5. The Hall–Kier alpha value is -4.77. The van der Waals surface area contributed by atoms with Crippen LogP contribution in [0.25, 0.3) is 22.5 Å². The van der Waals surface area contributed by atoms with Crippen molar-refractivity contribution in [2.24, 2.45) is 0 Å². The lowest BCUT2D eigenvalue weighted by Crippen LogP contribution is -2.62. The average molecular weight is 540 g/mol. The van der Waals surface area contributed by atoms with Gasteiger partial charge >= 0.3 is 5.97 Å². The number of hydrogen-bond acceptors (Lipinski definition) is 8. The van der Waals surface area contributed by atoms with Crippen LogP contribution in [0.4, 0.5) is 0 Å². The Balaban J connectivity index is 1.36. The zero-order valence-corrected chi connectivity index (χ0v) is 22.0. The van der Waals surface area contributed by atoms with E-state index in [0.29, 0.717) is 43.6 Å². The summed E-state index contributed by atoms with van der Waals surface area (Å²) in [5.41, 5.74) is 2.22. The van der Waals surface area contributed by atoms with Crippen LogP contribution in [0.2, 0.25) is 0 Å². The summed E-state index contributed by atoms with van der Waals surface area (Å²) >= 11 is 0. The van der Waals surface area contributed by atoms with E-state index in [0.717, 1.165) is 22.3 Å². The highest BCUT2D eigenvalue weighted by Crippen LogP contribution is 2.32. The van der Waals surface area contributed by atoms with Crippen LogP contribution in [-0.4, -0.2) is 65.2 Å². The van der Waals surface area contributed by atoms with Crippen LogP contribution in [0.15, 0.2) is 73.1 Å². The first-order valence-electron chi connectivity index (χ1n) is 13.2. The molecule has 1 fully saturated rings. The highest BCUT2D eigenvalue weighted by Gasteiger charge is 2.50. The van der Waals surface area contributed by atoms with Gasteiger partial charge in [-0.2, -0.15) is 4.68 Å². The van der Waals surface area contributed by atoms with Crippen molar-refractivity contribution in [3.8, 4) is 22.5 Å². The summed E-state index contributed by atoms with van der Waals surface area (Å²) in [4.78, 5) is 43.5. The fourth-order valence-corrected chi connectivity index (χ4v) is 5.05. The lowest BCUT2D eigenvalue weighted by Gasteiger charge is -2.35. The highest BCUT2D eigenvalue weighted by atomic mass is 16.4. The van der Waals surface area contributed by atoms with Gasteiger partial charge in [0.05, 0.1) is 0 Å². The van der Waals surface area contributed by atoms with E-state index in [1.807, 2.05) is 55.5 Å². The first kappa shape index (κ1) is 26.8. The summed E-state index contributed by atoms with van der Waals surface area (Å²) in [6.07, 6.45) is 4.94. The van der Waals surface area contributed by atoms with Gasteiger partial charge in [0, 0.05) is 43.0 Å². The second-order valence-corrected chi connectivity index (χ2v) is 9.62. The smallest absolute Gasteiger partial charge is 0.344 e. The van der Waals surface area contributed by atoms with E-state index in [4.69, 9.17) is 0 Å². The third-order valence-electron chi connectivity index (χ3n) is 7.09. The van der Waals surface area contributed by atoms with Gasteiger partial charge in [0.15, 0.2) is 11.5 Å². The van der Waals surface area contributed by atoms with Gasteiger partial charge in [0.25, 0.3) is 5.91 Å². The van der Waals surface area contributed by atoms with E-state index < -0.39 is 11.6 Å². The predicted octanol–water partition coefficient (Wildman–Crippen LogP) is 3.65. The van der Waals surface area contributed by atoms with E-state index >= 15 is 0 Å². The first-order chi connectivity index (χ1) is 19.4. The Morgan fingerprint density at radius 1 is 1.00 bits per heavy atom. The molecule has 1 aliphatic rings. The van der Waals surface area contributed by atoms with E-state index in [-0.39, 0.29) is 18.4 Å². The van der Waals surface area contributed by atoms with Gasteiger partial charge < -0.3 is 10.0 Å². The minimum absolute atomic E-state index is 0.172. The van der Waals surface area contributed by atoms with Gasteiger partial charge in [0.2, 0.25) is 5.91 Å². The molecule has 0 spiro atoms. The van der Waals surface area contributed by atoms with Crippen LogP contribution in [-0.2, 0) is 11.3 Å². The zero-order valence-electron chi connectivity index (χ0n) is 22.0. The van der Waals surface area contributed by atoms with Crippen molar-refractivity contribution in [2.45, 2.75) is 44.8 Å². The zero-order chi connectivity index (χ0) is 28.1. The Kier molecular flexibility index (Phi) is 7.74. The predicted molar refractivity (Wildman–Crippen MR) is 146 cm³/mol. The number of likely N-dealkylation sites (tertiary alicyclic amines) is 1. The van der Waals surface area contributed by atoms with Crippen molar-refractivity contribution in [1.29, 1.82) is 0 Å². The quantitative estimate of drug-likeness (QED) is 0.305. The molecule has 11 heteroatoms. The van der Waals surface area contributed by atoms with Crippen LogP contribution < -0.4 is 5.32 Å². The molecule has 40 heavy (non-hydrogen) atoms. The Labute approximate surface area is 230 Å². The maximum Gasteiger partial charge on any atom is 0.344 e. The molecule has 5 rings (SSSR count). The van der Waals surface area contributed by atoms with Gasteiger partial charge in [-0.1, -0.05) is 55.5 Å². The van der Waals surface area contributed by atoms with Gasteiger partial charge in [-0.05, 0) is 58.5 Å². The van der Waals surface area contributed by atoms with E-state index in [9.17, 15) is 19.5 Å². The van der Waals surface area contributed by atoms with Crippen LogP contribution in [0.1, 0.15) is 53.3 Å². The standard InChI is InChI=1S/C29H29N7O4/c1-2-6-25(37)36-26(32-33-34-36)24-8-4-3-7-23(24)21-11-9-20(10-12-21)19-31-29(28(39)40)15-5-18-35(29)27(38)22-13-16-30-17-14-22/h3-4,7-14,16-17,31H,2,5-6,15,18-19H2,1H3,(H,39,40). The van der Waals surface area contributed by atoms with Crippen molar-refractivity contribution >= 4 is 17.8 Å². The average Bonchev–Trinajstić information content (AvgIpc) is 3.65. The number of carbonyl (C=O) groups is 3. The number of rotatable bonds is 9.